The molecule has 4 nitrogen and oxygen atoms in total. The molecular formula is C14H20ClN3O. The predicted octanol–water partition coefficient (Wildman–Crippen LogP) is 1.88. The average molecular weight is 282 g/mol. The minimum absolute atomic E-state index is 0.0131. The first-order chi connectivity index (χ1) is 9.08. The van der Waals surface area contributed by atoms with Crippen molar-refractivity contribution < 1.29 is 4.79 Å². The fraction of sp³-hybridized carbons (Fsp3) is 0.500. The zero-order valence-corrected chi connectivity index (χ0v) is 12.1. The van der Waals surface area contributed by atoms with Gasteiger partial charge in [0.15, 0.2) is 0 Å². The van der Waals surface area contributed by atoms with E-state index in [1.807, 2.05) is 25.1 Å². The number of benzene rings is 1. The van der Waals surface area contributed by atoms with Gasteiger partial charge in [-0.15, -0.1) is 0 Å². The van der Waals surface area contributed by atoms with Crippen LogP contribution >= 0.6 is 11.6 Å². The molecule has 5 heteroatoms. The van der Waals surface area contributed by atoms with Gasteiger partial charge in [-0.2, -0.15) is 0 Å². The van der Waals surface area contributed by atoms with Crippen molar-refractivity contribution in [3.63, 3.8) is 0 Å². The van der Waals surface area contributed by atoms with E-state index in [0.717, 1.165) is 30.9 Å². The number of amides is 1. The smallest absolute Gasteiger partial charge is 0.238 e. The predicted molar refractivity (Wildman–Crippen MR) is 78.7 cm³/mol. The van der Waals surface area contributed by atoms with Crippen molar-refractivity contribution in [2.75, 3.05) is 31.5 Å². The molecule has 1 aliphatic heterocycles. The zero-order chi connectivity index (χ0) is 13.8. The highest BCUT2D eigenvalue weighted by Gasteiger charge is 2.20. The highest BCUT2D eigenvalue weighted by Crippen LogP contribution is 2.22. The summed E-state index contributed by atoms with van der Waals surface area (Å²) >= 11 is 6.04. The van der Waals surface area contributed by atoms with Gasteiger partial charge < -0.3 is 10.6 Å². The lowest BCUT2D eigenvalue weighted by molar-refractivity contribution is -0.118. The van der Waals surface area contributed by atoms with Crippen molar-refractivity contribution in [3.05, 3.63) is 28.8 Å². The molecule has 1 heterocycles. The molecule has 1 amide bonds. The van der Waals surface area contributed by atoms with E-state index < -0.39 is 0 Å². The van der Waals surface area contributed by atoms with Crippen LogP contribution < -0.4 is 10.6 Å². The second kappa shape index (κ2) is 6.37. The van der Waals surface area contributed by atoms with Crippen LogP contribution in [-0.2, 0) is 4.79 Å². The number of piperazine rings is 1. The monoisotopic (exact) mass is 281 g/mol. The van der Waals surface area contributed by atoms with E-state index in [-0.39, 0.29) is 5.91 Å². The number of carbonyl (C=O) groups is 1. The van der Waals surface area contributed by atoms with Gasteiger partial charge >= 0.3 is 0 Å². The van der Waals surface area contributed by atoms with Crippen LogP contribution in [0.25, 0.3) is 0 Å². The molecule has 2 N–H and O–H groups in total. The van der Waals surface area contributed by atoms with Crippen molar-refractivity contribution in [2.45, 2.75) is 19.9 Å². The van der Waals surface area contributed by atoms with Crippen LogP contribution in [0.5, 0.6) is 0 Å². The van der Waals surface area contributed by atoms with E-state index in [2.05, 4.69) is 22.5 Å². The molecule has 1 unspecified atom stereocenters. The Morgan fingerprint density at radius 1 is 1.58 bits per heavy atom. The average Bonchev–Trinajstić information content (AvgIpc) is 2.38. The summed E-state index contributed by atoms with van der Waals surface area (Å²) in [5.41, 5.74) is 1.70. The minimum atomic E-state index is 0.0131. The molecule has 19 heavy (non-hydrogen) atoms. The topological polar surface area (TPSA) is 44.4 Å². The van der Waals surface area contributed by atoms with E-state index in [9.17, 15) is 4.79 Å². The van der Waals surface area contributed by atoms with Crippen LogP contribution in [-0.4, -0.2) is 43.0 Å². The fourth-order valence-electron chi connectivity index (χ4n) is 2.24. The van der Waals surface area contributed by atoms with Gasteiger partial charge in [0, 0.05) is 36.4 Å². The molecule has 0 saturated carbocycles. The molecular weight excluding hydrogens is 262 g/mol. The molecule has 0 spiro atoms. The Bertz CT molecular complexity index is 464. The van der Waals surface area contributed by atoms with Crippen LogP contribution in [0.4, 0.5) is 5.69 Å². The molecule has 1 fully saturated rings. The van der Waals surface area contributed by atoms with E-state index in [0.29, 0.717) is 17.6 Å². The minimum Gasteiger partial charge on any atom is -0.325 e. The molecule has 1 atom stereocenters. The zero-order valence-electron chi connectivity index (χ0n) is 11.4. The SMILES string of the molecule is Cc1c(Cl)cccc1NC(=O)CN1CCNCC1C. The molecule has 1 saturated heterocycles. The van der Waals surface area contributed by atoms with Gasteiger partial charge in [-0.25, -0.2) is 0 Å². The lowest BCUT2D eigenvalue weighted by atomic mass is 10.2. The molecule has 1 aromatic carbocycles. The van der Waals surface area contributed by atoms with Gasteiger partial charge in [0.05, 0.1) is 6.54 Å². The highest BCUT2D eigenvalue weighted by atomic mass is 35.5. The molecule has 2 rings (SSSR count). The van der Waals surface area contributed by atoms with Gasteiger partial charge in [0.2, 0.25) is 5.91 Å². The standard InChI is InChI=1S/C14H20ClN3O/c1-10-8-16-6-7-18(10)9-14(19)17-13-5-3-4-12(15)11(13)2/h3-5,10,16H,6-9H2,1-2H3,(H,17,19). The van der Waals surface area contributed by atoms with Gasteiger partial charge in [-0.3, -0.25) is 9.69 Å². The number of hydrogen-bond donors (Lipinski definition) is 2. The third-order valence-corrected chi connectivity index (χ3v) is 3.94. The molecule has 0 aliphatic carbocycles. The van der Waals surface area contributed by atoms with Crippen LogP contribution in [0.3, 0.4) is 0 Å². The Balaban J connectivity index is 1.95. The molecule has 1 aliphatic rings. The Morgan fingerprint density at radius 2 is 2.37 bits per heavy atom. The Labute approximate surface area is 119 Å². The van der Waals surface area contributed by atoms with Crippen molar-refractivity contribution in [1.29, 1.82) is 0 Å². The van der Waals surface area contributed by atoms with Crippen LogP contribution in [0.2, 0.25) is 5.02 Å². The van der Waals surface area contributed by atoms with Gasteiger partial charge in [0.25, 0.3) is 0 Å². The largest absolute Gasteiger partial charge is 0.325 e. The maximum Gasteiger partial charge on any atom is 0.238 e. The van der Waals surface area contributed by atoms with Crippen LogP contribution in [0.1, 0.15) is 12.5 Å². The molecule has 0 bridgehead atoms. The summed E-state index contributed by atoms with van der Waals surface area (Å²) in [5, 5.41) is 6.92. The van der Waals surface area contributed by atoms with Crippen molar-refractivity contribution in [1.82, 2.24) is 10.2 Å². The first-order valence-corrected chi connectivity index (χ1v) is 6.95. The van der Waals surface area contributed by atoms with E-state index in [4.69, 9.17) is 11.6 Å². The van der Waals surface area contributed by atoms with Crippen LogP contribution in [0, 0.1) is 6.92 Å². The van der Waals surface area contributed by atoms with Crippen molar-refractivity contribution in [3.8, 4) is 0 Å². The molecule has 104 valence electrons. The highest BCUT2D eigenvalue weighted by molar-refractivity contribution is 6.31. The second-order valence-electron chi connectivity index (χ2n) is 4.98. The summed E-state index contributed by atoms with van der Waals surface area (Å²) in [7, 11) is 0. The molecule has 1 aromatic rings. The van der Waals surface area contributed by atoms with Gasteiger partial charge in [-0.1, -0.05) is 17.7 Å². The van der Waals surface area contributed by atoms with Crippen LogP contribution in [0.15, 0.2) is 18.2 Å². The normalized spacial score (nSPS) is 20.3. The molecule has 0 radical (unpaired) electrons. The van der Waals surface area contributed by atoms with E-state index >= 15 is 0 Å². The number of nitrogens with zero attached hydrogens (tertiary/aromatic N) is 1. The fourth-order valence-corrected chi connectivity index (χ4v) is 2.41. The Morgan fingerprint density at radius 3 is 3.11 bits per heavy atom. The number of anilines is 1. The lowest BCUT2D eigenvalue weighted by Gasteiger charge is -2.33. The number of nitrogens with one attached hydrogen (secondary N) is 2. The van der Waals surface area contributed by atoms with E-state index in [1.165, 1.54) is 0 Å². The Kier molecular flexibility index (Phi) is 4.80. The first kappa shape index (κ1) is 14.3. The summed E-state index contributed by atoms with van der Waals surface area (Å²) in [6, 6.07) is 5.93. The van der Waals surface area contributed by atoms with E-state index in [1.54, 1.807) is 0 Å². The number of halogens is 1. The third kappa shape index (κ3) is 3.69. The van der Waals surface area contributed by atoms with Gasteiger partial charge in [-0.05, 0) is 31.5 Å². The summed E-state index contributed by atoms with van der Waals surface area (Å²) in [5.74, 6) is 0.0131. The number of rotatable bonds is 3. The maximum absolute atomic E-state index is 12.1. The first-order valence-electron chi connectivity index (χ1n) is 6.57. The third-order valence-electron chi connectivity index (χ3n) is 3.53. The van der Waals surface area contributed by atoms with Crippen molar-refractivity contribution in [2.24, 2.45) is 0 Å². The second-order valence-corrected chi connectivity index (χ2v) is 5.39. The van der Waals surface area contributed by atoms with Crippen molar-refractivity contribution >= 4 is 23.2 Å². The summed E-state index contributed by atoms with van der Waals surface area (Å²) in [6.45, 7) is 7.24. The quantitative estimate of drug-likeness (QED) is 0.889. The number of hydrogen-bond acceptors (Lipinski definition) is 3. The lowest BCUT2D eigenvalue weighted by Crippen LogP contribution is -2.52. The summed E-state index contributed by atoms with van der Waals surface area (Å²) < 4.78 is 0. The number of carbonyl (C=O) groups excluding carboxylic acids is 1. The maximum atomic E-state index is 12.1. The summed E-state index contributed by atoms with van der Waals surface area (Å²) in [6.07, 6.45) is 0. The Hall–Kier alpha value is -1.10. The molecule has 0 aromatic heterocycles. The summed E-state index contributed by atoms with van der Waals surface area (Å²) in [4.78, 5) is 14.3. The van der Waals surface area contributed by atoms with Gasteiger partial charge in [0.1, 0.15) is 0 Å².